The molecule has 2 saturated carbocycles. The molecule has 1 N–H and O–H groups in total. The Kier molecular flexibility index (Phi) is 2.25. The van der Waals surface area contributed by atoms with Crippen LogP contribution in [0.1, 0.15) is 43.8 Å². The Bertz CT molecular complexity index is 501. The Hall–Kier alpha value is -0.730. The van der Waals surface area contributed by atoms with Gasteiger partial charge in [0.05, 0.1) is 6.10 Å². The molecule has 4 atom stereocenters. The second-order valence-corrected chi connectivity index (χ2v) is 6.59. The van der Waals surface area contributed by atoms with E-state index in [-0.39, 0.29) is 5.60 Å². The molecule has 3 aliphatic rings. The Morgan fingerprint density at radius 1 is 1.28 bits per heavy atom. The molecule has 2 fully saturated rings. The highest BCUT2D eigenvalue weighted by molar-refractivity contribution is 6.30. The summed E-state index contributed by atoms with van der Waals surface area (Å²) in [4.78, 5) is 0. The first-order valence-electron chi connectivity index (χ1n) is 6.83. The third-order valence-corrected chi connectivity index (χ3v) is 5.34. The summed E-state index contributed by atoms with van der Waals surface area (Å²) >= 11 is 5.99. The van der Waals surface area contributed by atoms with Crippen LogP contribution in [-0.4, -0.2) is 10.7 Å². The van der Waals surface area contributed by atoms with Crippen LogP contribution in [0.5, 0.6) is 5.75 Å². The van der Waals surface area contributed by atoms with E-state index in [4.69, 9.17) is 16.3 Å². The SMILES string of the molecule is OC1CC2(CC3CCC2C3)Oc2ccc(Cl)cc21. The topological polar surface area (TPSA) is 29.5 Å². The first-order chi connectivity index (χ1) is 8.66. The molecule has 0 aromatic heterocycles. The van der Waals surface area contributed by atoms with Gasteiger partial charge in [0.15, 0.2) is 0 Å². The molecule has 0 saturated heterocycles. The van der Waals surface area contributed by atoms with Crippen molar-refractivity contribution in [3.8, 4) is 5.75 Å². The van der Waals surface area contributed by atoms with Crippen molar-refractivity contribution in [3.05, 3.63) is 28.8 Å². The minimum absolute atomic E-state index is 0.0941. The number of benzene rings is 1. The number of halogens is 1. The van der Waals surface area contributed by atoms with Crippen molar-refractivity contribution in [1.29, 1.82) is 0 Å². The van der Waals surface area contributed by atoms with Crippen molar-refractivity contribution in [3.63, 3.8) is 0 Å². The fourth-order valence-corrected chi connectivity index (χ4v) is 4.52. The van der Waals surface area contributed by atoms with Crippen molar-refractivity contribution in [1.82, 2.24) is 0 Å². The number of hydrogen-bond acceptors (Lipinski definition) is 2. The van der Waals surface area contributed by atoms with E-state index < -0.39 is 6.10 Å². The molecule has 1 aromatic rings. The highest BCUT2D eigenvalue weighted by Crippen LogP contribution is 2.58. The molecule has 0 radical (unpaired) electrons. The van der Waals surface area contributed by atoms with Crippen LogP contribution in [0.25, 0.3) is 0 Å². The van der Waals surface area contributed by atoms with E-state index in [1.165, 1.54) is 19.3 Å². The minimum Gasteiger partial charge on any atom is -0.486 e. The smallest absolute Gasteiger partial charge is 0.126 e. The van der Waals surface area contributed by atoms with Crippen LogP contribution in [0.4, 0.5) is 0 Å². The Morgan fingerprint density at radius 3 is 2.89 bits per heavy atom. The van der Waals surface area contributed by atoms with Gasteiger partial charge in [0, 0.05) is 17.0 Å². The zero-order valence-electron chi connectivity index (χ0n) is 10.2. The van der Waals surface area contributed by atoms with E-state index in [0.717, 1.165) is 30.1 Å². The second-order valence-electron chi connectivity index (χ2n) is 6.15. The van der Waals surface area contributed by atoms with Gasteiger partial charge in [-0.3, -0.25) is 0 Å². The molecule has 96 valence electrons. The number of ether oxygens (including phenoxy) is 1. The van der Waals surface area contributed by atoms with Gasteiger partial charge in [-0.05, 0) is 55.7 Å². The molecule has 1 aromatic carbocycles. The summed E-state index contributed by atoms with van der Waals surface area (Å²) in [5.74, 6) is 2.29. The minimum atomic E-state index is -0.424. The Balaban J connectivity index is 1.74. The maximum atomic E-state index is 10.4. The van der Waals surface area contributed by atoms with Crippen LogP contribution in [0, 0.1) is 11.8 Å². The average Bonchev–Trinajstić information content (AvgIpc) is 2.91. The molecule has 3 heteroatoms. The van der Waals surface area contributed by atoms with Crippen molar-refractivity contribution < 1.29 is 9.84 Å². The molecule has 2 nitrogen and oxygen atoms in total. The van der Waals surface area contributed by atoms with Gasteiger partial charge in [-0.15, -0.1) is 0 Å². The van der Waals surface area contributed by atoms with Gasteiger partial charge in [0.25, 0.3) is 0 Å². The molecule has 4 unspecified atom stereocenters. The van der Waals surface area contributed by atoms with Crippen molar-refractivity contribution in [2.45, 2.75) is 43.8 Å². The quantitative estimate of drug-likeness (QED) is 0.774. The number of aliphatic hydroxyl groups excluding tert-OH is 1. The van der Waals surface area contributed by atoms with E-state index in [9.17, 15) is 5.11 Å². The molecule has 4 rings (SSSR count). The number of hydrogen-bond donors (Lipinski definition) is 1. The third-order valence-electron chi connectivity index (χ3n) is 5.10. The van der Waals surface area contributed by atoms with Gasteiger partial charge >= 0.3 is 0 Å². The van der Waals surface area contributed by atoms with Crippen molar-refractivity contribution in [2.75, 3.05) is 0 Å². The van der Waals surface area contributed by atoms with Gasteiger partial charge in [-0.2, -0.15) is 0 Å². The molecular formula is C15H17ClO2. The predicted molar refractivity (Wildman–Crippen MR) is 69.8 cm³/mol. The van der Waals surface area contributed by atoms with Crippen LogP contribution in [-0.2, 0) is 0 Å². The van der Waals surface area contributed by atoms with E-state index in [0.29, 0.717) is 10.9 Å². The van der Waals surface area contributed by atoms with Gasteiger partial charge in [0.1, 0.15) is 11.4 Å². The lowest BCUT2D eigenvalue weighted by Gasteiger charge is -2.43. The monoisotopic (exact) mass is 264 g/mol. The molecule has 18 heavy (non-hydrogen) atoms. The standard InChI is InChI=1S/C15H17ClO2/c16-11-3-4-14-12(6-11)13(17)8-15(18-14)7-9-1-2-10(15)5-9/h3-4,6,9-10,13,17H,1-2,5,7-8H2. The lowest BCUT2D eigenvalue weighted by Crippen LogP contribution is -2.45. The van der Waals surface area contributed by atoms with Crippen LogP contribution in [0.2, 0.25) is 5.02 Å². The third kappa shape index (κ3) is 1.45. The van der Waals surface area contributed by atoms with Crippen LogP contribution < -0.4 is 4.74 Å². The lowest BCUT2D eigenvalue weighted by atomic mass is 9.77. The van der Waals surface area contributed by atoms with Crippen LogP contribution >= 0.6 is 11.6 Å². The predicted octanol–water partition coefficient (Wildman–Crippen LogP) is 3.71. The summed E-state index contributed by atoms with van der Waals surface area (Å²) < 4.78 is 6.32. The number of fused-ring (bicyclic) bond motifs is 4. The van der Waals surface area contributed by atoms with Gasteiger partial charge in [0.2, 0.25) is 0 Å². The first kappa shape index (κ1) is 11.1. The molecule has 2 bridgehead atoms. The zero-order chi connectivity index (χ0) is 12.3. The number of aliphatic hydroxyl groups is 1. The highest BCUT2D eigenvalue weighted by Gasteiger charge is 2.55. The lowest BCUT2D eigenvalue weighted by molar-refractivity contribution is -0.0509. The van der Waals surface area contributed by atoms with E-state index in [2.05, 4.69) is 0 Å². The summed E-state index contributed by atoms with van der Waals surface area (Å²) in [5, 5.41) is 11.1. The normalized spacial score (nSPS) is 40.9. The van der Waals surface area contributed by atoms with Crippen LogP contribution in [0.3, 0.4) is 0 Å². The fraction of sp³-hybridized carbons (Fsp3) is 0.600. The van der Waals surface area contributed by atoms with E-state index in [1.807, 2.05) is 18.2 Å². The molecular weight excluding hydrogens is 248 g/mol. The van der Waals surface area contributed by atoms with Gasteiger partial charge in [-0.1, -0.05) is 11.6 Å². The summed E-state index contributed by atoms with van der Waals surface area (Å²) in [6, 6.07) is 5.59. The van der Waals surface area contributed by atoms with Crippen molar-refractivity contribution in [2.24, 2.45) is 11.8 Å². The molecule has 1 spiro atoms. The molecule has 2 aliphatic carbocycles. The Morgan fingerprint density at radius 2 is 2.17 bits per heavy atom. The van der Waals surface area contributed by atoms with Gasteiger partial charge < -0.3 is 9.84 Å². The largest absolute Gasteiger partial charge is 0.486 e. The second kappa shape index (κ2) is 3.64. The fourth-order valence-electron chi connectivity index (χ4n) is 4.34. The maximum absolute atomic E-state index is 10.4. The summed E-state index contributed by atoms with van der Waals surface area (Å²) in [6.45, 7) is 0. The maximum Gasteiger partial charge on any atom is 0.126 e. The molecule has 1 aliphatic heterocycles. The summed E-state index contributed by atoms with van der Waals surface area (Å²) in [7, 11) is 0. The number of rotatable bonds is 0. The van der Waals surface area contributed by atoms with E-state index >= 15 is 0 Å². The Labute approximate surface area is 112 Å². The van der Waals surface area contributed by atoms with E-state index in [1.54, 1.807) is 0 Å². The highest BCUT2D eigenvalue weighted by atomic mass is 35.5. The zero-order valence-corrected chi connectivity index (χ0v) is 11.0. The molecule has 0 amide bonds. The van der Waals surface area contributed by atoms with Gasteiger partial charge in [-0.25, -0.2) is 0 Å². The van der Waals surface area contributed by atoms with Crippen LogP contribution in [0.15, 0.2) is 18.2 Å². The molecule has 1 heterocycles. The van der Waals surface area contributed by atoms with Crippen molar-refractivity contribution >= 4 is 11.6 Å². The first-order valence-corrected chi connectivity index (χ1v) is 7.21. The summed E-state index contributed by atoms with van der Waals surface area (Å²) in [5.41, 5.74) is 0.763. The summed E-state index contributed by atoms with van der Waals surface area (Å²) in [6.07, 6.45) is 5.33. The average molecular weight is 265 g/mol.